The maximum absolute atomic E-state index is 15.0. The third kappa shape index (κ3) is 8.79. The summed E-state index contributed by atoms with van der Waals surface area (Å²) in [5.41, 5.74) is 2.34. The molecule has 1 N–H and O–H groups in total. The molecule has 0 aliphatic carbocycles. The molecule has 4 rings (SSSR count). The van der Waals surface area contributed by atoms with Crippen molar-refractivity contribution in [2.24, 2.45) is 0 Å². The van der Waals surface area contributed by atoms with Gasteiger partial charge in [0.15, 0.2) is 0 Å². The van der Waals surface area contributed by atoms with Crippen molar-refractivity contribution in [1.29, 1.82) is 0 Å². The minimum Gasteiger partial charge on any atom is -0.354 e. The molecular formula is C36H40FN3O4S. The Bertz CT molecular complexity index is 1650. The largest absolute Gasteiger partial charge is 0.354 e. The highest BCUT2D eigenvalue weighted by atomic mass is 32.2. The molecule has 45 heavy (non-hydrogen) atoms. The van der Waals surface area contributed by atoms with Crippen LogP contribution in [0.15, 0.2) is 114 Å². The summed E-state index contributed by atoms with van der Waals surface area (Å²) in [6, 6.07) is 29.2. The van der Waals surface area contributed by atoms with Crippen LogP contribution in [0.4, 0.5) is 10.1 Å². The molecule has 1 atom stereocenters. The van der Waals surface area contributed by atoms with Crippen molar-refractivity contribution >= 4 is 27.5 Å². The molecule has 0 radical (unpaired) electrons. The van der Waals surface area contributed by atoms with Gasteiger partial charge in [-0.3, -0.25) is 13.9 Å². The number of rotatable bonds is 15. The Morgan fingerprint density at radius 3 is 2.04 bits per heavy atom. The van der Waals surface area contributed by atoms with Crippen molar-refractivity contribution in [1.82, 2.24) is 10.2 Å². The number of sulfonamides is 1. The van der Waals surface area contributed by atoms with Crippen LogP contribution >= 0.6 is 0 Å². The molecule has 0 heterocycles. The third-order valence-electron chi connectivity index (χ3n) is 7.64. The van der Waals surface area contributed by atoms with Crippen molar-refractivity contribution in [2.75, 3.05) is 17.4 Å². The third-order valence-corrected chi connectivity index (χ3v) is 9.43. The molecule has 0 fully saturated rings. The van der Waals surface area contributed by atoms with E-state index in [1.807, 2.05) is 56.3 Å². The van der Waals surface area contributed by atoms with Crippen LogP contribution in [0.3, 0.4) is 0 Å². The molecule has 0 bridgehead atoms. The van der Waals surface area contributed by atoms with Crippen LogP contribution in [-0.2, 0) is 39.0 Å². The van der Waals surface area contributed by atoms with Crippen molar-refractivity contribution < 1.29 is 22.4 Å². The van der Waals surface area contributed by atoms with Gasteiger partial charge in [-0.05, 0) is 54.3 Å². The van der Waals surface area contributed by atoms with E-state index < -0.39 is 34.3 Å². The number of anilines is 1. The van der Waals surface area contributed by atoms with E-state index in [1.54, 1.807) is 48.5 Å². The van der Waals surface area contributed by atoms with Crippen LogP contribution in [0.5, 0.6) is 0 Å². The predicted octanol–water partition coefficient (Wildman–Crippen LogP) is 6.14. The second-order valence-corrected chi connectivity index (χ2v) is 12.7. The van der Waals surface area contributed by atoms with Crippen molar-refractivity contribution in [3.05, 3.63) is 132 Å². The molecule has 2 amide bonds. The summed E-state index contributed by atoms with van der Waals surface area (Å²) in [6.45, 7) is 3.61. The number of carbonyl (C=O) groups is 2. The summed E-state index contributed by atoms with van der Waals surface area (Å²) in [7, 11) is -4.19. The maximum atomic E-state index is 15.0. The van der Waals surface area contributed by atoms with E-state index in [-0.39, 0.29) is 29.3 Å². The first kappa shape index (κ1) is 33.4. The van der Waals surface area contributed by atoms with Gasteiger partial charge in [0.25, 0.3) is 10.0 Å². The lowest BCUT2D eigenvalue weighted by Crippen LogP contribution is -2.53. The van der Waals surface area contributed by atoms with Gasteiger partial charge >= 0.3 is 0 Å². The van der Waals surface area contributed by atoms with Crippen LogP contribution in [0.25, 0.3) is 0 Å². The average Bonchev–Trinajstić information content (AvgIpc) is 3.07. The van der Waals surface area contributed by atoms with Crippen molar-refractivity contribution in [2.45, 2.75) is 57.0 Å². The lowest BCUT2D eigenvalue weighted by atomic mass is 10.0. The van der Waals surface area contributed by atoms with E-state index in [0.717, 1.165) is 34.7 Å². The Labute approximate surface area is 265 Å². The van der Waals surface area contributed by atoms with Crippen LogP contribution in [0, 0.1) is 5.82 Å². The van der Waals surface area contributed by atoms with Crippen molar-refractivity contribution in [3.8, 4) is 0 Å². The lowest BCUT2D eigenvalue weighted by Gasteiger charge is -2.34. The number of amides is 2. The maximum Gasteiger partial charge on any atom is 0.264 e. The molecule has 0 aliphatic heterocycles. The monoisotopic (exact) mass is 629 g/mol. The highest BCUT2D eigenvalue weighted by molar-refractivity contribution is 7.92. The van der Waals surface area contributed by atoms with E-state index in [2.05, 4.69) is 5.32 Å². The average molecular weight is 630 g/mol. The van der Waals surface area contributed by atoms with Crippen LogP contribution < -0.4 is 9.62 Å². The summed E-state index contributed by atoms with van der Waals surface area (Å²) in [5, 5.41) is 2.94. The standard InChI is InChI=1S/C36H40FN3O4S/c1-3-5-24-38-36(42)34(25-29-14-8-6-9-15-29)39(26-30-16-12-13-19-33(30)37)35(41)27-40(31-22-20-28(4-2)21-23-31)45(43,44)32-17-10-7-11-18-32/h6-23,34H,3-5,24-27H2,1-2H3,(H,38,42). The number of hydrogen-bond donors (Lipinski definition) is 1. The molecule has 1 unspecified atom stereocenters. The number of nitrogens with zero attached hydrogens (tertiary/aromatic N) is 2. The Kier molecular flexibility index (Phi) is 11.9. The van der Waals surface area contributed by atoms with E-state index in [9.17, 15) is 18.0 Å². The summed E-state index contributed by atoms with van der Waals surface area (Å²) in [6.07, 6.45) is 2.54. The van der Waals surface area contributed by atoms with Gasteiger partial charge in [-0.25, -0.2) is 12.8 Å². The highest BCUT2D eigenvalue weighted by Gasteiger charge is 2.34. The van der Waals surface area contributed by atoms with Gasteiger partial charge in [-0.1, -0.05) is 99.1 Å². The molecule has 9 heteroatoms. The highest BCUT2D eigenvalue weighted by Crippen LogP contribution is 2.26. The Balaban J connectivity index is 1.79. The second kappa shape index (κ2) is 16.0. The first-order chi connectivity index (χ1) is 21.7. The van der Waals surface area contributed by atoms with Crippen molar-refractivity contribution in [3.63, 3.8) is 0 Å². The molecule has 0 aliphatic rings. The van der Waals surface area contributed by atoms with E-state index >= 15 is 4.39 Å². The first-order valence-electron chi connectivity index (χ1n) is 15.3. The molecule has 4 aromatic carbocycles. The number of aryl methyl sites for hydroxylation is 1. The predicted molar refractivity (Wildman–Crippen MR) is 176 cm³/mol. The summed E-state index contributed by atoms with van der Waals surface area (Å²) in [4.78, 5) is 29.5. The molecule has 236 valence electrons. The smallest absolute Gasteiger partial charge is 0.264 e. The van der Waals surface area contributed by atoms with Gasteiger partial charge in [0.1, 0.15) is 18.4 Å². The number of nitrogens with one attached hydrogen (secondary N) is 1. The molecule has 4 aromatic rings. The number of halogens is 1. The van der Waals surface area contributed by atoms with Gasteiger partial charge in [0, 0.05) is 25.1 Å². The summed E-state index contributed by atoms with van der Waals surface area (Å²) >= 11 is 0. The zero-order chi connectivity index (χ0) is 32.2. The molecule has 0 aromatic heterocycles. The Hall–Kier alpha value is -4.50. The van der Waals surface area contributed by atoms with Gasteiger partial charge in [-0.15, -0.1) is 0 Å². The molecule has 0 saturated heterocycles. The number of carbonyl (C=O) groups excluding carboxylic acids is 2. The molecule has 0 spiro atoms. The second-order valence-electron chi connectivity index (χ2n) is 10.8. The van der Waals surface area contributed by atoms with Gasteiger partial charge in [-0.2, -0.15) is 0 Å². The SMILES string of the molecule is CCCCNC(=O)C(Cc1ccccc1)N(Cc1ccccc1F)C(=O)CN(c1ccc(CC)cc1)S(=O)(=O)c1ccccc1. The molecular weight excluding hydrogens is 589 g/mol. The number of hydrogen-bond acceptors (Lipinski definition) is 4. The van der Waals surface area contributed by atoms with E-state index in [1.165, 1.54) is 23.1 Å². The minimum atomic E-state index is -4.19. The normalized spacial score (nSPS) is 11.9. The Morgan fingerprint density at radius 1 is 0.800 bits per heavy atom. The summed E-state index contributed by atoms with van der Waals surface area (Å²) < 4.78 is 44.2. The first-order valence-corrected chi connectivity index (χ1v) is 16.7. The summed E-state index contributed by atoms with van der Waals surface area (Å²) in [5.74, 6) is -1.55. The van der Waals surface area contributed by atoms with Crippen LogP contribution in [0.2, 0.25) is 0 Å². The van der Waals surface area contributed by atoms with E-state index in [4.69, 9.17) is 0 Å². The number of benzene rings is 4. The number of unbranched alkanes of at least 4 members (excludes halogenated alkanes) is 1. The zero-order valence-corrected chi connectivity index (χ0v) is 26.5. The fraction of sp³-hybridized carbons (Fsp3) is 0.278. The quantitative estimate of drug-likeness (QED) is 0.160. The molecule has 7 nitrogen and oxygen atoms in total. The van der Waals surface area contributed by atoms with Gasteiger partial charge in [0.2, 0.25) is 11.8 Å². The van der Waals surface area contributed by atoms with E-state index in [0.29, 0.717) is 12.2 Å². The topological polar surface area (TPSA) is 86.8 Å². The fourth-order valence-electron chi connectivity index (χ4n) is 5.02. The zero-order valence-electron chi connectivity index (χ0n) is 25.7. The fourth-order valence-corrected chi connectivity index (χ4v) is 6.45. The molecule has 0 saturated carbocycles. The minimum absolute atomic E-state index is 0.0242. The van der Waals surface area contributed by atoms with Gasteiger partial charge in [0.05, 0.1) is 10.6 Å². The van der Waals surface area contributed by atoms with Crippen LogP contribution in [-0.4, -0.2) is 44.3 Å². The van der Waals surface area contributed by atoms with Gasteiger partial charge < -0.3 is 10.2 Å². The lowest BCUT2D eigenvalue weighted by molar-refractivity contribution is -0.140. The van der Waals surface area contributed by atoms with Crippen LogP contribution in [0.1, 0.15) is 43.4 Å². The Morgan fingerprint density at radius 2 is 1.42 bits per heavy atom.